The summed E-state index contributed by atoms with van der Waals surface area (Å²) in [5.41, 5.74) is 1.29. The van der Waals surface area contributed by atoms with Crippen LogP contribution in [-0.2, 0) is 4.79 Å². The van der Waals surface area contributed by atoms with Crippen molar-refractivity contribution < 1.29 is 24.7 Å². The van der Waals surface area contributed by atoms with E-state index in [1.807, 2.05) is 0 Å². The number of carboxylic acid groups (broad SMARTS) is 1. The van der Waals surface area contributed by atoms with Gasteiger partial charge in [-0.05, 0) is 31.9 Å². The number of nitrogens with one attached hydrogen (secondary N) is 1. The third kappa shape index (κ3) is 4.81. The van der Waals surface area contributed by atoms with Gasteiger partial charge >= 0.3 is 23.0 Å². The molecule has 0 fully saturated rings. The molecule has 1 atom stereocenters. The smallest absolute Gasteiger partial charge is 0.424 e. The number of anilines is 1. The predicted octanol–water partition coefficient (Wildman–Crippen LogP) is 1.41. The molecule has 0 radical (unpaired) electrons. The number of benzene rings is 1. The zero-order valence-corrected chi connectivity index (χ0v) is 12.8. The number of nitro groups is 3. The first-order valence-electron chi connectivity index (χ1n) is 7.00. The lowest BCUT2D eigenvalue weighted by molar-refractivity contribution is -0.440. The number of rotatable bonds is 10. The molecule has 0 saturated heterocycles. The van der Waals surface area contributed by atoms with E-state index in [4.69, 9.17) is 5.73 Å². The predicted molar refractivity (Wildman–Crippen MR) is 84.4 cm³/mol. The molecule has 0 saturated carbocycles. The zero-order chi connectivity index (χ0) is 19.1. The normalized spacial score (nSPS) is 11.6. The van der Waals surface area contributed by atoms with E-state index in [1.54, 1.807) is 0 Å². The third-order valence-electron chi connectivity index (χ3n) is 3.27. The topological polar surface area (TPSA) is 205 Å². The van der Waals surface area contributed by atoms with Crippen LogP contribution in [0, 0.1) is 30.3 Å². The van der Waals surface area contributed by atoms with Gasteiger partial charge in [-0.1, -0.05) is 0 Å². The van der Waals surface area contributed by atoms with Gasteiger partial charge in [0.2, 0.25) is 0 Å². The van der Waals surface area contributed by atoms with Crippen LogP contribution in [0.5, 0.6) is 0 Å². The maximum Gasteiger partial charge on any atom is 0.424 e. The average molecular weight is 357 g/mol. The van der Waals surface area contributed by atoms with Crippen LogP contribution in [0.4, 0.5) is 22.7 Å². The molecule has 0 amide bonds. The van der Waals surface area contributed by atoms with Gasteiger partial charge in [-0.25, -0.2) is 4.79 Å². The van der Waals surface area contributed by atoms with Gasteiger partial charge in [0, 0.05) is 6.07 Å². The highest BCUT2D eigenvalue weighted by atomic mass is 16.6. The summed E-state index contributed by atoms with van der Waals surface area (Å²) < 4.78 is 0. The largest absolute Gasteiger partial charge is 0.480 e. The molecule has 4 N–H and O–H groups in total. The Morgan fingerprint density at radius 1 is 1.08 bits per heavy atom. The van der Waals surface area contributed by atoms with Crippen LogP contribution in [0.15, 0.2) is 12.1 Å². The van der Waals surface area contributed by atoms with Gasteiger partial charge in [0.25, 0.3) is 0 Å². The number of unbranched alkanes of at least 4 members (excludes halogenated alkanes) is 1. The minimum atomic E-state index is -1.33. The Bertz CT molecular complexity index is 707. The van der Waals surface area contributed by atoms with E-state index >= 15 is 0 Å². The molecular formula is C12H15N5O8. The van der Waals surface area contributed by atoms with Gasteiger partial charge in [-0.15, -0.1) is 0 Å². The second kappa shape index (κ2) is 8.49. The average Bonchev–Trinajstić information content (AvgIpc) is 2.52. The summed E-state index contributed by atoms with van der Waals surface area (Å²) >= 11 is 0. The Hall–Kier alpha value is -3.35. The molecule has 0 heterocycles. The standard InChI is InChI=1S/C12H15N5O8/c13-6-2-1-3-8(12(18)19)14-7-4-5-9(15(20)21)11(17(24)25)10(7)16(22)23/h4-5,8,14H,1-3,6,13H2,(H,18,19). The quantitative estimate of drug-likeness (QED) is 0.311. The summed E-state index contributed by atoms with van der Waals surface area (Å²) in [6.45, 7) is 0.329. The highest BCUT2D eigenvalue weighted by Gasteiger charge is 2.39. The molecule has 1 aromatic carbocycles. The number of hydrogen-bond acceptors (Lipinski definition) is 9. The van der Waals surface area contributed by atoms with Gasteiger partial charge in [0.05, 0.1) is 14.8 Å². The number of nitrogens with zero attached hydrogens (tertiary/aromatic N) is 3. The van der Waals surface area contributed by atoms with Crippen molar-refractivity contribution in [3.63, 3.8) is 0 Å². The first-order valence-corrected chi connectivity index (χ1v) is 7.00. The minimum absolute atomic E-state index is 0.0640. The lowest BCUT2D eigenvalue weighted by Gasteiger charge is -2.15. The summed E-state index contributed by atoms with van der Waals surface area (Å²) in [4.78, 5) is 40.9. The van der Waals surface area contributed by atoms with E-state index < -0.39 is 49.5 Å². The lowest BCUT2D eigenvalue weighted by atomic mass is 10.1. The Morgan fingerprint density at radius 3 is 2.12 bits per heavy atom. The zero-order valence-electron chi connectivity index (χ0n) is 12.8. The summed E-state index contributed by atoms with van der Waals surface area (Å²) in [6.07, 6.45) is 0.992. The van der Waals surface area contributed by atoms with Gasteiger partial charge in [0.15, 0.2) is 0 Å². The fourth-order valence-electron chi connectivity index (χ4n) is 2.14. The van der Waals surface area contributed by atoms with Gasteiger partial charge < -0.3 is 16.2 Å². The Balaban J connectivity index is 3.36. The molecule has 1 rings (SSSR count). The van der Waals surface area contributed by atoms with E-state index in [9.17, 15) is 40.2 Å². The van der Waals surface area contributed by atoms with Gasteiger partial charge in [0.1, 0.15) is 11.7 Å². The van der Waals surface area contributed by atoms with Crippen molar-refractivity contribution in [2.45, 2.75) is 25.3 Å². The van der Waals surface area contributed by atoms with Gasteiger partial charge in [-0.3, -0.25) is 30.3 Å². The molecule has 13 heteroatoms. The number of hydrogen-bond donors (Lipinski definition) is 3. The molecule has 0 aromatic heterocycles. The maximum absolute atomic E-state index is 11.3. The second-order valence-electron chi connectivity index (χ2n) is 4.92. The van der Waals surface area contributed by atoms with Crippen molar-refractivity contribution in [1.29, 1.82) is 0 Å². The Kier molecular flexibility index (Phi) is 6.69. The monoisotopic (exact) mass is 357 g/mol. The van der Waals surface area contributed by atoms with E-state index in [-0.39, 0.29) is 6.42 Å². The van der Waals surface area contributed by atoms with E-state index in [0.29, 0.717) is 25.5 Å². The fraction of sp³-hybridized carbons (Fsp3) is 0.417. The number of nitrogens with two attached hydrogens (primary N) is 1. The summed E-state index contributed by atoms with van der Waals surface area (Å²) in [6, 6.07) is 0.320. The van der Waals surface area contributed by atoms with E-state index in [2.05, 4.69) is 5.32 Å². The third-order valence-corrected chi connectivity index (χ3v) is 3.27. The number of carbonyl (C=O) groups is 1. The van der Waals surface area contributed by atoms with Crippen LogP contribution in [0.1, 0.15) is 19.3 Å². The molecular weight excluding hydrogens is 342 g/mol. The van der Waals surface area contributed by atoms with Crippen LogP contribution >= 0.6 is 0 Å². The Morgan fingerprint density at radius 2 is 1.68 bits per heavy atom. The van der Waals surface area contributed by atoms with Crippen LogP contribution < -0.4 is 11.1 Å². The molecule has 1 aromatic rings. The number of nitro benzene ring substituents is 3. The first kappa shape index (κ1) is 19.7. The molecule has 0 aliphatic carbocycles. The van der Waals surface area contributed by atoms with Crippen molar-refractivity contribution in [2.75, 3.05) is 11.9 Å². The molecule has 1 unspecified atom stereocenters. The van der Waals surface area contributed by atoms with Crippen LogP contribution in [0.3, 0.4) is 0 Å². The Labute approximate surface area is 139 Å². The van der Waals surface area contributed by atoms with E-state index in [1.165, 1.54) is 0 Å². The summed E-state index contributed by atoms with van der Waals surface area (Å²) in [7, 11) is 0. The second-order valence-corrected chi connectivity index (χ2v) is 4.92. The summed E-state index contributed by atoms with van der Waals surface area (Å²) in [5.74, 6) is -1.33. The van der Waals surface area contributed by atoms with E-state index in [0.717, 1.165) is 6.07 Å². The van der Waals surface area contributed by atoms with Crippen LogP contribution in [0.25, 0.3) is 0 Å². The molecule has 13 nitrogen and oxygen atoms in total. The molecule has 0 bridgehead atoms. The number of aliphatic carboxylic acids is 1. The fourth-order valence-corrected chi connectivity index (χ4v) is 2.14. The maximum atomic E-state index is 11.3. The molecule has 25 heavy (non-hydrogen) atoms. The molecule has 0 spiro atoms. The molecule has 0 aliphatic rings. The minimum Gasteiger partial charge on any atom is -0.480 e. The van der Waals surface area contributed by atoms with Crippen molar-refractivity contribution in [1.82, 2.24) is 0 Å². The highest BCUT2D eigenvalue weighted by molar-refractivity contribution is 5.83. The number of carboxylic acids is 1. The highest BCUT2D eigenvalue weighted by Crippen LogP contribution is 2.42. The first-order chi connectivity index (χ1) is 11.7. The SMILES string of the molecule is NCCCCC(Nc1ccc([N+](=O)[O-])c([N+](=O)[O-])c1[N+](=O)[O-])C(=O)O. The molecule has 136 valence electrons. The lowest BCUT2D eigenvalue weighted by Crippen LogP contribution is -2.29. The van der Waals surface area contributed by atoms with Crippen molar-refractivity contribution in [2.24, 2.45) is 5.73 Å². The van der Waals surface area contributed by atoms with Crippen molar-refractivity contribution in [3.05, 3.63) is 42.5 Å². The molecule has 0 aliphatic heterocycles. The van der Waals surface area contributed by atoms with Crippen LogP contribution in [0.2, 0.25) is 0 Å². The van der Waals surface area contributed by atoms with Crippen LogP contribution in [-0.4, -0.2) is 38.4 Å². The van der Waals surface area contributed by atoms with Crippen molar-refractivity contribution in [3.8, 4) is 0 Å². The summed E-state index contributed by atoms with van der Waals surface area (Å²) in [5, 5.41) is 44.7. The van der Waals surface area contributed by atoms with Crippen molar-refractivity contribution >= 4 is 28.7 Å². The van der Waals surface area contributed by atoms with Gasteiger partial charge in [-0.2, -0.15) is 0 Å².